The predicted octanol–water partition coefficient (Wildman–Crippen LogP) is 3.09. The number of carbonyl (C=O) groups excluding carboxylic acids is 1. The molecular formula is C16H19NO3. The molecule has 0 amide bonds. The molecule has 0 aliphatic carbocycles. The number of anilines is 1. The van der Waals surface area contributed by atoms with Gasteiger partial charge in [-0.05, 0) is 18.2 Å². The third kappa shape index (κ3) is 2.59. The van der Waals surface area contributed by atoms with E-state index in [4.69, 9.17) is 4.42 Å². The lowest BCUT2D eigenvalue weighted by Gasteiger charge is -2.16. The lowest BCUT2D eigenvalue weighted by molar-refractivity contribution is 0.0854. The minimum absolute atomic E-state index is 0.114. The van der Waals surface area contributed by atoms with E-state index in [0.717, 1.165) is 11.1 Å². The van der Waals surface area contributed by atoms with Crippen molar-refractivity contribution < 1.29 is 9.21 Å². The van der Waals surface area contributed by atoms with Crippen LogP contribution in [0.5, 0.6) is 0 Å². The lowest BCUT2D eigenvalue weighted by atomic mass is 9.87. The summed E-state index contributed by atoms with van der Waals surface area (Å²) in [5.41, 5.74) is 0.365. The van der Waals surface area contributed by atoms with Crippen molar-refractivity contribution in [2.45, 2.75) is 20.8 Å². The first-order valence-corrected chi connectivity index (χ1v) is 6.50. The Labute approximate surface area is 118 Å². The van der Waals surface area contributed by atoms with Gasteiger partial charge in [-0.25, -0.2) is 4.79 Å². The third-order valence-electron chi connectivity index (χ3n) is 3.16. The molecule has 20 heavy (non-hydrogen) atoms. The van der Waals surface area contributed by atoms with Gasteiger partial charge in [-0.2, -0.15) is 0 Å². The van der Waals surface area contributed by atoms with Gasteiger partial charge in [-0.15, -0.1) is 0 Å². The van der Waals surface area contributed by atoms with Crippen LogP contribution in [0.15, 0.2) is 33.5 Å². The van der Waals surface area contributed by atoms with E-state index < -0.39 is 11.0 Å². The number of nitrogens with zero attached hydrogens (tertiary/aromatic N) is 1. The highest BCUT2D eigenvalue weighted by Crippen LogP contribution is 2.24. The molecule has 4 nitrogen and oxygen atoms in total. The fraction of sp³-hybridized carbons (Fsp3) is 0.375. The molecule has 0 fully saturated rings. The molecule has 0 aliphatic heterocycles. The van der Waals surface area contributed by atoms with Crippen LogP contribution >= 0.6 is 0 Å². The Bertz CT molecular complexity index is 721. The minimum atomic E-state index is -0.605. The van der Waals surface area contributed by atoms with Gasteiger partial charge in [-0.1, -0.05) is 20.8 Å². The van der Waals surface area contributed by atoms with Gasteiger partial charge in [0.1, 0.15) is 11.1 Å². The zero-order valence-electron chi connectivity index (χ0n) is 12.5. The number of hydrogen-bond donors (Lipinski definition) is 0. The molecule has 2 aromatic rings. The molecule has 0 unspecified atom stereocenters. The molecule has 0 atom stereocenters. The molecule has 0 aliphatic rings. The molecule has 0 saturated heterocycles. The van der Waals surface area contributed by atoms with Gasteiger partial charge in [0.25, 0.3) is 0 Å². The second kappa shape index (κ2) is 4.78. The van der Waals surface area contributed by atoms with Crippen LogP contribution in [0.2, 0.25) is 0 Å². The van der Waals surface area contributed by atoms with Gasteiger partial charge in [0, 0.05) is 36.7 Å². The summed E-state index contributed by atoms with van der Waals surface area (Å²) < 4.78 is 5.30. The van der Waals surface area contributed by atoms with E-state index in [1.807, 2.05) is 31.1 Å². The Morgan fingerprint density at radius 1 is 1.15 bits per heavy atom. The fourth-order valence-electron chi connectivity index (χ4n) is 1.94. The zero-order chi connectivity index (χ0) is 15.1. The van der Waals surface area contributed by atoms with Crippen molar-refractivity contribution in [3.05, 3.63) is 40.2 Å². The van der Waals surface area contributed by atoms with Crippen molar-refractivity contribution in [1.29, 1.82) is 0 Å². The summed E-state index contributed by atoms with van der Waals surface area (Å²) in [6, 6.07) is 7.19. The van der Waals surface area contributed by atoms with E-state index in [9.17, 15) is 9.59 Å². The largest absolute Gasteiger partial charge is 0.422 e. The van der Waals surface area contributed by atoms with Crippen molar-refractivity contribution >= 4 is 22.4 Å². The Kier molecular flexibility index (Phi) is 3.42. The molecule has 0 N–H and O–H groups in total. The smallest absolute Gasteiger partial charge is 0.347 e. The number of rotatable bonds is 2. The highest BCUT2D eigenvalue weighted by Gasteiger charge is 2.26. The summed E-state index contributed by atoms with van der Waals surface area (Å²) in [6.07, 6.45) is 0. The van der Waals surface area contributed by atoms with E-state index in [1.54, 1.807) is 32.9 Å². The zero-order valence-corrected chi connectivity index (χ0v) is 12.5. The highest BCUT2D eigenvalue weighted by atomic mass is 16.4. The first-order valence-electron chi connectivity index (χ1n) is 6.50. The fourth-order valence-corrected chi connectivity index (χ4v) is 1.94. The van der Waals surface area contributed by atoms with Crippen molar-refractivity contribution in [3.63, 3.8) is 0 Å². The van der Waals surface area contributed by atoms with E-state index >= 15 is 0 Å². The second-order valence-electron chi connectivity index (χ2n) is 6.14. The van der Waals surface area contributed by atoms with E-state index in [2.05, 4.69) is 0 Å². The topological polar surface area (TPSA) is 50.5 Å². The molecular weight excluding hydrogens is 254 g/mol. The number of carbonyl (C=O) groups is 1. The van der Waals surface area contributed by atoms with Gasteiger partial charge < -0.3 is 9.32 Å². The predicted molar refractivity (Wildman–Crippen MR) is 80.6 cm³/mol. The van der Waals surface area contributed by atoms with Gasteiger partial charge in [0.2, 0.25) is 0 Å². The first kappa shape index (κ1) is 14.3. The Balaban J connectivity index is 2.62. The van der Waals surface area contributed by atoms with Gasteiger partial charge in [0.05, 0.1) is 0 Å². The number of ketones is 1. The van der Waals surface area contributed by atoms with Gasteiger partial charge in [-0.3, -0.25) is 4.79 Å². The third-order valence-corrected chi connectivity index (χ3v) is 3.16. The maximum Gasteiger partial charge on any atom is 0.347 e. The maximum atomic E-state index is 12.2. The van der Waals surface area contributed by atoms with Crippen LogP contribution in [0.4, 0.5) is 5.69 Å². The highest BCUT2D eigenvalue weighted by molar-refractivity contribution is 6.01. The number of hydrogen-bond acceptors (Lipinski definition) is 4. The van der Waals surface area contributed by atoms with Crippen molar-refractivity contribution in [2.24, 2.45) is 5.41 Å². The summed E-state index contributed by atoms with van der Waals surface area (Å²) in [7, 11) is 3.83. The van der Waals surface area contributed by atoms with Crippen LogP contribution in [0.25, 0.3) is 11.0 Å². The van der Waals surface area contributed by atoms with Crippen molar-refractivity contribution in [2.75, 3.05) is 19.0 Å². The lowest BCUT2D eigenvalue weighted by Crippen LogP contribution is -2.25. The van der Waals surface area contributed by atoms with Crippen LogP contribution in [-0.2, 0) is 0 Å². The quantitative estimate of drug-likeness (QED) is 0.623. The monoisotopic (exact) mass is 273 g/mol. The molecule has 1 aromatic carbocycles. The number of Topliss-reactive ketones (excluding diaryl/α,β-unsaturated/α-hetero) is 1. The average molecular weight is 273 g/mol. The van der Waals surface area contributed by atoms with Gasteiger partial charge >= 0.3 is 5.63 Å². The van der Waals surface area contributed by atoms with Crippen LogP contribution in [0.1, 0.15) is 31.1 Å². The maximum absolute atomic E-state index is 12.2. The van der Waals surface area contributed by atoms with E-state index in [0.29, 0.717) is 5.58 Å². The molecule has 1 aromatic heterocycles. The molecule has 0 saturated carbocycles. The summed E-state index contributed by atoms with van der Waals surface area (Å²) in [4.78, 5) is 26.2. The standard InChI is InChI=1S/C16H19NO3/c1-16(2,3)14(18)12-8-10-6-7-11(17(4)5)9-13(10)20-15(12)19/h6-9H,1-5H3. The molecule has 2 rings (SSSR count). The Morgan fingerprint density at radius 2 is 1.80 bits per heavy atom. The molecule has 0 bridgehead atoms. The van der Waals surface area contributed by atoms with Crippen LogP contribution < -0.4 is 10.5 Å². The molecule has 4 heteroatoms. The van der Waals surface area contributed by atoms with Crippen molar-refractivity contribution in [1.82, 2.24) is 0 Å². The van der Waals surface area contributed by atoms with E-state index in [1.165, 1.54) is 0 Å². The number of fused-ring (bicyclic) bond motifs is 1. The molecule has 0 radical (unpaired) electrons. The summed E-state index contributed by atoms with van der Waals surface area (Å²) in [5.74, 6) is -0.204. The van der Waals surface area contributed by atoms with Crippen LogP contribution in [-0.4, -0.2) is 19.9 Å². The molecule has 1 heterocycles. The van der Waals surface area contributed by atoms with E-state index in [-0.39, 0.29) is 11.3 Å². The minimum Gasteiger partial charge on any atom is -0.422 e. The average Bonchev–Trinajstić information content (AvgIpc) is 2.35. The summed E-state index contributed by atoms with van der Waals surface area (Å²) in [5, 5.41) is 0.753. The molecule has 0 spiro atoms. The first-order chi connectivity index (χ1) is 9.20. The van der Waals surface area contributed by atoms with Crippen LogP contribution in [0.3, 0.4) is 0 Å². The summed E-state index contributed by atoms with van der Waals surface area (Å²) in [6.45, 7) is 5.36. The number of benzene rings is 1. The molecule has 106 valence electrons. The van der Waals surface area contributed by atoms with Crippen LogP contribution in [0, 0.1) is 5.41 Å². The second-order valence-corrected chi connectivity index (χ2v) is 6.14. The SMILES string of the molecule is CN(C)c1ccc2cc(C(=O)C(C)(C)C)c(=O)oc2c1. The summed E-state index contributed by atoms with van der Waals surface area (Å²) >= 11 is 0. The Morgan fingerprint density at radius 3 is 2.35 bits per heavy atom. The van der Waals surface area contributed by atoms with Crippen molar-refractivity contribution in [3.8, 4) is 0 Å². The normalized spacial score (nSPS) is 11.7. The Hall–Kier alpha value is -2.10. The van der Waals surface area contributed by atoms with Gasteiger partial charge in [0.15, 0.2) is 5.78 Å².